The minimum Gasteiger partial charge on any atom is -0.264 e. The van der Waals surface area contributed by atoms with Gasteiger partial charge in [-0.15, -0.1) is 11.3 Å². The van der Waals surface area contributed by atoms with Gasteiger partial charge in [-0.1, -0.05) is 6.07 Å². The third-order valence-corrected chi connectivity index (χ3v) is 6.74. The molecular formula is C15H21N3O2S2. The molecule has 0 bridgehead atoms. The molecule has 22 heavy (non-hydrogen) atoms. The number of sulfonamides is 1. The second-order valence-electron chi connectivity index (χ2n) is 6.63. The Hall–Kier alpha value is -1.18. The van der Waals surface area contributed by atoms with Crippen LogP contribution in [0.4, 0.5) is 0 Å². The molecule has 0 radical (unpaired) electrons. The van der Waals surface area contributed by atoms with Crippen LogP contribution in [0.3, 0.4) is 0 Å². The van der Waals surface area contributed by atoms with Gasteiger partial charge in [0.1, 0.15) is 4.21 Å². The standard InChI is InChI=1S/C15H21N3O2S2/c1-15(2,3)18-13-7-4-6-12(11(13)10-16-18)17-22(19,20)14-8-5-9-21-14/h5,8-10,12,17H,4,6-7H2,1-3H3. The first kappa shape index (κ1) is 15.7. The smallest absolute Gasteiger partial charge is 0.250 e. The van der Waals surface area contributed by atoms with Crippen molar-refractivity contribution in [3.05, 3.63) is 35.0 Å². The second-order valence-corrected chi connectivity index (χ2v) is 9.52. The molecule has 1 unspecified atom stereocenters. The lowest BCUT2D eigenvalue weighted by Gasteiger charge is -2.28. The maximum atomic E-state index is 12.4. The summed E-state index contributed by atoms with van der Waals surface area (Å²) in [5.41, 5.74) is 2.07. The molecule has 2 heterocycles. The lowest BCUT2D eigenvalue weighted by atomic mass is 9.93. The number of hydrogen-bond acceptors (Lipinski definition) is 4. The van der Waals surface area contributed by atoms with Crippen LogP contribution in [-0.4, -0.2) is 18.2 Å². The summed E-state index contributed by atoms with van der Waals surface area (Å²) in [5, 5.41) is 6.27. The van der Waals surface area contributed by atoms with E-state index in [-0.39, 0.29) is 11.6 Å². The fraction of sp³-hybridized carbons (Fsp3) is 0.533. The number of hydrogen-bond donors (Lipinski definition) is 1. The highest BCUT2D eigenvalue weighted by Crippen LogP contribution is 2.33. The van der Waals surface area contributed by atoms with Crippen LogP contribution in [0.5, 0.6) is 0 Å². The molecule has 120 valence electrons. The summed E-state index contributed by atoms with van der Waals surface area (Å²) >= 11 is 1.24. The highest BCUT2D eigenvalue weighted by atomic mass is 32.2. The number of nitrogens with one attached hydrogen (secondary N) is 1. The molecule has 0 spiro atoms. The zero-order chi connectivity index (χ0) is 16.0. The van der Waals surface area contributed by atoms with E-state index in [2.05, 4.69) is 30.6 Å². The predicted octanol–water partition coefficient (Wildman–Crippen LogP) is 3.06. The Balaban J connectivity index is 1.92. The van der Waals surface area contributed by atoms with Crippen LogP contribution in [0.2, 0.25) is 0 Å². The first-order valence-electron chi connectivity index (χ1n) is 7.42. The summed E-state index contributed by atoms with van der Waals surface area (Å²) in [5.74, 6) is 0. The fourth-order valence-corrected chi connectivity index (χ4v) is 5.18. The summed E-state index contributed by atoms with van der Waals surface area (Å²) < 4.78 is 30.1. The average molecular weight is 339 g/mol. The molecule has 5 nitrogen and oxygen atoms in total. The highest BCUT2D eigenvalue weighted by molar-refractivity contribution is 7.91. The number of rotatable bonds is 3. The Morgan fingerprint density at radius 1 is 1.41 bits per heavy atom. The van der Waals surface area contributed by atoms with E-state index in [4.69, 9.17) is 0 Å². The van der Waals surface area contributed by atoms with Gasteiger partial charge in [0.15, 0.2) is 0 Å². The highest BCUT2D eigenvalue weighted by Gasteiger charge is 2.31. The van der Waals surface area contributed by atoms with E-state index in [0.29, 0.717) is 4.21 Å². The molecule has 1 aliphatic rings. The maximum Gasteiger partial charge on any atom is 0.250 e. The van der Waals surface area contributed by atoms with Crippen molar-refractivity contribution in [1.82, 2.24) is 14.5 Å². The van der Waals surface area contributed by atoms with Gasteiger partial charge in [-0.2, -0.15) is 5.10 Å². The van der Waals surface area contributed by atoms with Crippen LogP contribution < -0.4 is 4.72 Å². The van der Waals surface area contributed by atoms with Gasteiger partial charge in [0.2, 0.25) is 0 Å². The SMILES string of the molecule is CC(C)(C)n1ncc2c1CCCC2NS(=O)(=O)c1cccs1. The van der Waals surface area contributed by atoms with E-state index < -0.39 is 10.0 Å². The van der Waals surface area contributed by atoms with Crippen LogP contribution in [0.15, 0.2) is 27.9 Å². The van der Waals surface area contributed by atoms with Gasteiger partial charge in [-0.3, -0.25) is 4.68 Å². The maximum absolute atomic E-state index is 12.4. The Morgan fingerprint density at radius 3 is 2.82 bits per heavy atom. The van der Waals surface area contributed by atoms with Crippen molar-refractivity contribution in [3.63, 3.8) is 0 Å². The third-order valence-electron chi connectivity index (χ3n) is 3.88. The van der Waals surface area contributed by atoms with Crippen LogP contribution in [-0.2, 0) is 22.0 Å². The van der Waals surface area contributed by atoms with E-state index >= 15 is 0 Å². The number of aromatic nitrogens is 2. The summed E-state index contributed by atoms with van der Waals surface area (Å²) in [4.78, 5) is 0. The van der Waals surface area contributed by atoms with Crippen molar-refractivity contribution in [2.24, 2.45) is 0 Å². The molecule has 2 aromatic rings. The molecule has 1 aliphatic carbocycles. The van der Waals surface area contributed by atoms with Gasteiger partial charge in [0.25, 0.3) is 10.0 Å². The van der Waals surface area contributed by atoms with Gasteiger partial charge < -0.3 is 0 Å². The van der Waals surface area contributed by atoms with E-state index in [1.54, 1.807) is 17.5 Å². The zero-order valence-corrected chi connectivity index (χ0v) is 14.7. The summed E-state index contributed by atoms with van der Waals surface area (Å²) in [6.07, 6.45) is 4.55. The molecule has 0 saturated carbocycles. The summed E-state index contributed by atoms with van der Waals surface area (Å²) in [6.45, 7) is 6.33. The van der Waals surface area contributed by atoms with Gasteiger partial charge in [0, 0.05) is 11.3 Å². The average Bonchev–Trinajstić information content (AvgIpc) is 3.08. The molecule has 7 heteroatoms. The Bertz CT molecular complexity index is 755. The van der Waals surface area contributed by atoms with Crippen LogP contribution in [0.25, 0.3) is 0 Å². The zero-order valence-electron chi connectivity index (χ0n) is 13.0. The van der Waals surface area contributed by atoms with Gasteiger partial charge in [-0.25, -0.2) is 13.1 Å². The van der Waals surface area contributed by atoms with E-state index in [1.807, 2.05) is 10.9 Å². The minimum absolute atomic E-state index is 0.0951. The molecule has 0 fully saturated rings. The third kappa shape index (κ3) is 2.85. The molecule has 0 aliphatic heterocycles. The van der Waals surface area contributed by atoms with E-state index in [1.165, 1.54) is 11.3 Å². The molecule has 1 N–H and O–H groups in total. The van der Waals surface area contributed by atoms with Crippen LogP contribution in [0, 0.1) is 0 Å². The Morgan fingerprint density at radius 2 is 2.18 bits per heavy atom. The largest absolute Gasteiger partial charge is 0.264 e. The topological polar surface area (TPSA) is 64.0 Å². The number of nitrogens with zero attached hydrogens (tertiary/aromatic N) is 2. The molecule has 0 amide bonds. The van der Waals surface area contributed by atoms with Gasteiger partial charge in [0.05, 0.1) is 17.8 Å². The monoisotopic (exact) mass is 339 g/mol. The van der Waals surface area contributed by atoms with Crippen molar-refractivity contribution < 1.29 is 8.42 Å². The van der Waals surface area contributed by atoms with Gasteiger partial charge >= 0.3 is 0 Å². The fourth-order valence-electron chi connectivity index (χ4n) is 2.92. The molecule has 0 saturated heterocycles. The van der Waals surface area contributed by atoms with Crippen molar-refractivity contribution in [1.29, 1.82) is 0 Å². The van der Waals surface area contributed by atoms with Gasteiger partial charge in [-0.05, 0) is 51.5 Å². The van der Waals surface area contributed by atoms with Crippen LogP contribution in [0.1, 0.15) is 50.9 Å². The van der Waals surface area contributed by atoms with Crippen molar-refractivity contribution in [3.8, 4) is 0 Å². The Kier molecular flexibility index (Phi) is 3.91. The quantitative estimate of drug-likeness (QED) is 0.935. The van der Waals surface area contributed by atoms with Crippen LogP contribution >= 0.6 is 11.3 Å². The van der Waals surface area contributed by atoms with Crippen molar-refractivity contribution in [2.75, 3.05) is 0 Å². The second kappa shape index (κ2) is 5.47. The normalized spacial score (nSPS) is 19.1. The lowest BCUT2D eigenvalue weighted by Crippen LogP contribution is -2.32. The molecule has 0 aromatic carbocycles. The lowest BCUT2D eigenvalue weighted by molar-refractivity contribution is 0.336. The summed E-state index contributed by atoms with van der Waals surface area (Å²) in [7, 11) is -3.45. The molecular weight excluding hydrogens is 318 g/mol. The number of fused-ring (bicyclic) bond motifs is 1. The predicted molar refractivity (Wildman–Crippen MR) is 87.5 cm³/mol. The molecule has 1 atom stereocenters. The molecule has 2 aromatic heterocycles. The molecule has 3 rings (SSSR count). The number of thiophene rings is 1. The summed E-state index contributed by atoms with van der Waals surface area (Å²) in [6, 6.07) is 3.20. The first-order chi connectivity index (χ1) is 10.3. The minimum atomic E-state index is -3.45. The van der Waals surface area contributed by atoms with Crippen molar-refractivity contribution in [2.45, 2.75) is 55.8 Å². The Labute approximate surface area is 135 Å². The van der Waals surface area contributed by atoms with Crippen molar-refractivity contribution >= 4 is 21.4 Å². The van der Waals surface area contributed by atoms with E-state index in [9.17, 15) is 8.42 Å². The van der Waals surface area contributed by atoms with E-state index in [0.717, 1.165) is 30.5 Å². The first-order valence-corrected chi connectivity index (χ1v) is 9.78.